The lowest BCUT2D eigenvalue weighted by atomic mass is 10.0. The van der Waals surface area contributed by atoms with Crippen LogP contribution in [0.5, 0.6) is 0 Å². The normalized spacial score (nSPS) is 17.5. The molecule has 0 N–H and O–H groups in total. The molecule has 0 aliphatic heterocycles. The number of nitrogens with zero attached hydrogens (tertiary/aromatic N) is 1. The van der Waals surface area contributed by atoms with E-state index in [0.717, 1.165) is 29.4 Å². The van der Waals surface area contributed by atoms with Gasteiger partial charge in [0.1, 0.15) is 0 Å². The number of carbonyl (C=O) groups excluding carboxylic acids is 1. The van der Waals surface area contributed by atoms with Crippen molar-refractivity contribution in [3.05, 3.63) is 45.3 Å². The fourth-order valence-electron chi connectivity index (χ4n) is 2.54. The van der Waals surface area contributed by atoms with Crippen molar-refractivity contribution in [3.8, 4) is 0 Å². The van der Waals surface area contributed by atoms with Gasteiger partial charge in [0.15, 0.2) is 11.5 Å². The average molecular weight is 368 g/mol. The first-order valence-electron chi connectivity index (χ1n) is 7.75. The first-order valence-corrected chi connectivity index (χ1v) is 9.49. The Balaban J connectivity index is 1.70. The van der Waals surface area contributed by atoms with E-state index in [-0.39, 0.29) is 5.78 Å². The first kappa shape index (κ1) is 15.6. The van der Waals surface area contributed by atoms with E-state index in [1.807, 2.05) is 0 Å². The maximum absolute atomic E-state index is 13.0. The van der Waals surface area contributed by atoms with Crippen molar-refractivity contribution in [2.24, 2.45) is 5.92 Å². The first-order chi connectivity index (χ1) is 11.1. The van der Waals surface area contributed by atoms with Crippen LogP contribution in [0.15, 0.2) is 27.7 Å². The molecule has 0 unspecified atom stereocenters. The van der Waals surface area contributed by atoms with Gasteiger partial charge in [0.05, 0.1) is 21.8 Å². The highest BCUT2D eigenvalue weighted by atomic mass is 35.5. The maximum atomic E-state index is 13.0. The lowest BCUT2D eigenvalue weighted by molar-refractivity contribution is 0.103. The highest BCUT2D eigenvalue weighted by Crippen LogP contribution is 2.44. The Morgan fingerprint density at radius 3 is 2.70 bits per heavy atom. The standard InChI is InChI=1S/C17H15Cl2NO2S/c18-13-6-5-11(17(14(13)19)23-8-9-1-2-9)15(21)12-7-20-22-16(12)10-3-4-10/h5-7,9-10H,1-4,8H2. The molecule has 2 fully saturated rings. The zero-order valence-corrected chi connectivity index (χ0v) is 14.7. The number of hydrogen-bond acceptors (Lipinski definition) is 4. The van der Waals surface area contributed by atoms with E-state index >= 15 is 0 Å². The summed E-state index contributed by atoms with van der Waals surface area (Å²) in [6.07, 6.45) is 6.14. The number of carbonyl (C=O) groups is 1. The van der Waals surface area contributed by atoms with E-state index in [4.69, 9.17) is 27.7 Å². The van der Waals surface area contributed by atoms with Crippen LogP contribution in [0.25, 0.3) is 0 Å². The third-order valence-corrected chi connectivity index (χ3v) is 6.51. The summed E-state index contributed by atoms with van der Waals surface area (Å²) in [7, 11) is 0. The van der Waals surface area contributed by atoms with Crippen molar-refractivity contribution in [1.82, 2.24) is 5.16 Å². The summed E-state index contributed by atoms with van der Waals surface area (Å²) >= 11 is 14.2. The fourth-order valence-corrected chi connectivity index (χ4v) is 4.37. The van der Waals surface area contributed by atoms with Crippen LogP contribution >= 0.6 is 35.0 Å². The van der Waals surface area contributed by atoms with Crippen molar-refractivity contribution in [3.63, 3.8) is 0 Å². The van der Waals surface area contributed by atoms with E-state index in [9.17, 15) is 4.79 Å². The van der Waals surface area contributed by atoms with Crippen LogP contribution in [0, 0.1) is 5.92 Å². The molecule has 0 bridgehead atoms. The van der Waals surface area contributed by atoms with Gasteiger partial charge in [-0.25, -0.2) is 0 Å². The second-order valence-electron chi connectivity index (χ2n) is 6.20. The van der Waals surface area contributed by atoms with Crippen molar-refractivity contribution in [2.45, 2.75) is 36.5 Å². The van der Waals surface area contributed by atoms with Gasteiger partial charge in [-0.1, -0.05) is 28.4 Å². The lowest BCUT2D eigenvalue weighted by Crippen LogP contribution is -2.05. The van der Waals surface area contributed by atoms with Crippen molar-refractivity contribution in [2.75, 3.05) is 5.75 Å². The summed E-state index contributed by atoms with van der Waals surface area (Å²) in [5.74, 6) is 2.67. The lowest BCUT2D eigenvalue weighted by Gasteiger charge is -2.11. The van der Waals surface area contributed by atoms with Crippen molar-refractivity contribution >= 4 is 40.7 Å². The molecule has 23 heavy (non-hydrogen) atoms. The van der Waals surface area contributed by atoms with Gasteiger partial charge < -0.3 is 4.52 Å². The van der Waals surface area contributed by atoms with Crippen LogP contribution < -0.4 is 0 Å². The van der Waals surface area contributed by atoms with Crippen LogP contribution in [0.3, 0.4) is 0 Å². The van der Waals surface area contributed by atoms with Gasteiger partial charge >= 0.3 is 0 Å². The van der Waals surface area contributed by atoms with Gasteiger partial charge in [-0.15, -0.1) is 11.8 Å². The Kier molecular flexibility index (Phi) is 4.16. The molecule has 0 amide bonds. The third kappa shape index (κ3) is 3.17. The van der Waals surface area contributed by atoms with Crippen LogP contribution in [-0.2, 0) is 0 Å². The second kappa shape index (κ2) is 6.15. The Morgan fingerprint density at radius 2 is 2.00 bits per heavy atom. The number of aromatic nitrogens is 1. The average Bonchev–Trinajstić information content (AvgIpc) is 3.48. The highest BCUT2D eigenvalue weighted by Gasteiger charge is 2.33. The van der Waals surface area contributed by atoms with Gasteiger partial charge in [-0.05, 0) is 43.7 Å². The summed E-state index contributed by atoms with van der Waals surface area (Å²) < 4.78 is 5.30. The number of halogens is 2. The number of benzene rings is 1. The Bertz CT molecular complexity index is 766. The van der Waals surface area contributed by atoms with E-state index in [2.05, 4.69) is 5.16 Å². The van der Waals surface area contributed by atoms with Gasteiger partial charge in [0, 0.05) is 22.1 Å². The molecule has 2 aromatic rings. The van der Waals surface area contributed by atoms with Crippen molar-refractivity contribution < 1.29 is 9.32 Å². The Labute approximate surface area is 148 Å². The molecule has 2 aliphatic rings. The summed E-state index contributed by atoms with van der Waals surface area (Å²) in [6, 6.07) is 3.44. The maximum Gasteiger partial charge on any atom is 0.199 e. The van der Waals surface area contributed by atoms with Crippen molar-refractivity contribution in [1.29, 1.82) is 0 Å². The molecule has 0 atom stereocenters. The zero-order valence-electron chi connectivity index (χ0n) is 12.4. The van der Waals surface area contributed by atoms with Gasteiger partial charge in [0.25, 0.3) is 0 Å². The van der Waals surface area contributed by atoms with Crippen LogP contribution in [0.1, 0.15) is 53.3 Å². The second-order valence-corrected chi connectivity index (χ2v) is 8.01. The molecule has 2 aliphatic carbocycles. The molecule has 120 valence electrons. The molecule has 0 spiro atoms. The largest absolute Gasteiger partial charge is 0.360 e. The quantitative estimate of drug-likeness (QED) is 0.492. The number of ketones is 1. The summed E-state index contributed by atoms with van der Waals surface area (Å²) in [5.41, 5.74) is 1.15. The smallest absolute Gasteiger partial charge is 0.199 e. The molecule has 4 rings (SSSR count). The summed E-state index contributed by atoms with van der Waals surface area (Å²) in [4.78, 5) is 13.8. The molecule has 3 nitrogen and oxygen atoms in total. The van der Waals surface area contributed by atoms with Crippen LogP contribution in [-0.4, -0.2) is 16.7 Å². The molecule has 0 radical (unpaired) electrons. The molecular weight excluding hydrogens is 353 g/mol. The number of thioether (sulfide) groups is 1. The number of hydrogen-bond donors (Lipinski definition) is 0. The van der Waals surface area contributed by atoms with Crippen LogP contribution in [0.4, 0.5) is 0 Å². The predicted molar refractivity (Wildman–Crippen MR) is 91.8 cm³/mol. The van der Waals surface area contributed by atoms with E-state index < -0.39 is 0 Å². The molecule has 1 heterocycles. The monoisotopic (exact) mass is 367 g/mol. The summed E-state index contributed by atoms with van der Waals surface area (Å²) in [5, 5.41) is 4.77. The minimum Gasteiger partial charge on any atom is -0.360 e. The molecule has 6 heteroatoms. The Hall–Kier alpha value is -0.970. The van der Waals surface area contributed by atoms with E-state index in [1.165, 1.54) is 19.0 Å². The molecule has 1 aromatic carbocycles. The molecule has 0 saturated heterocycles. The topological polar surface area (TPSA) is 43.1 Å². The van der Waals surface area contributed by atoms with E-state index in [0.29, 0.717) is 32.9 Å². The zero-order chi connectivity index (χ0) is 16.0. The molecule has 1 aromatic heterocycles. The predicted octanol–water partition coefficient (Wildman–Crippen LogP) is 5.59. The van der Waals surface area contributed by atoms with Gasteiger partial charge in [0.2, 0.25) is 0 Å². The minimum atomic E-state index is -0.0787. The van der Waals surface area contributed by atoms with Crippen LogP contribution in [0.2, 0.25) is 10.0 Å². The molecular formula is C17H15Cl2NO2S. The highest BCUT2D eigenvalue weighted by molar-refractivity contribution is 7.99. The summed E-state index contributed by atoms with van der Waals surface area (Å²) in [6.45, 7) is 0. The Morgan fingerprint density at radius 1 is 1.22 bits per heavy atom. The van der Waals surface area contributed by atoms with Gasteiger partial charge in [-0.2, -0.15) is 0 Å². The SMILES string of the molecule is O=C(c1cnoc1C1CC1)c1ccc(Cl)c(Cl)c1SCC1CC1. The molecule has 2 saturated carbocycles. The minimum absolute atomic E-state index is 0.0787. The number of rotatable bonds is 6. The fraction of sp³-hybridized carbons (Fsp3) is 0.412. The third-order valence-electron chi connectivity index (χ3n) is 4.25. The van der Waals surface area contributed by atoms with Gasteiger partial charge in [-0.3, -0.25) is 4.79 Å². The van der Waals surface area contributed by atoms with E-state index in [1.54, 1.807) is 23.9 Å².